The number of carboxylic acids is 1. The van der Waals surface area contributed by atoms with Crippen molar-refractivity contribution in [3.8, 4) is 5.75 Å². The molecule has 104 valence electrons. The van der Waals surface area contributed by atoms with Gasteiger partial charge in [0.25, 0.3) is 5.91 Å². The summed E-state index contributed by atoms with van der Waals surface area (Å²) in [5.41, 5.74) is -0.135. The molecule has 6 heteroatoms. The average Bonchev–Trinajstić information content (AvgIpc) is 2.34. The van der Waals surface area contributed by atoms with E-state index in [1.807, 2.05) is 13.8 Å². The summed E-state index contributed by atoms with van der Waals surface area (Å²) in [6.45, 7) is 3.52. The zero-order valence-corrected chi connectivity index (χ0v) is 11.8. The van der Waals surface area contributed by atoms with Crippen molar-refractivity contribution >= 4 is 23.5 Å². The molecule has 0 saturated heterocycles. The van der Waals surface area contributed by atoms with Crippen LogP contribution in [0.3, 0.4) is 0 Å². The summed E-state index contributed by atoms with van der Waals surface area (Å²) in [7, 11) is 1.66. The fourth-order valence-corrected chi connectivity index (χ4v) is 1.61. The maximum atomic E-state index is 11.7. The van der Waals surface area contributed by atoms with Gasteiger partial charge in [-0.05, 0) is 26.0 Å². The molecule has 19 heavy (non-hydrogen) atoms. The minimum Gasteiger partial charge on any atom is -0.483 e. The van der Waals surface area contributed by atoms with Crippen LogP contribution in [0, 0.1) is 0 Å². The van der Waals surface area contributed by atoms with E-state index in [1.165, 1.54) is 17.0 Å². The van der Waals surface area contributed by atoms with E-state index >= 15 is 0 Å². The molecule has 0 bridgehead atoms. The third-order valence-electron chi connectivity index (χ3n) is 2.71. The highest BCUT2D eigenvalue weighted by molar-refractivity contribution is 6.33. The third kappa shape index (κ3) is 3.86. The highest BCUT2D eigenvalue weighted by atomic mass is 35.5. The number of nitrogens with zero attached hydrogens (tertiary/aromatic N) is 1. The van der Waals surface area contributed by atoms with Crippen molar-refractivity contribution < 1.29 is 19.4 Å². The summed E-state index contributed by atoms with van der Waals surface area (Å²) in [4.78, 5) is 24.3. The third-order valence-corrected chi connectivity index (χ3v) is 3.02. The molecule has 0 spiro atoms. The SMILES string of the molecule is CC(C)N(C)C(=O)COc1cccc(Cl)c1C(=O)O. The number of amides is 1. The van der Waals surface area contributed by atoms with Gasteiger partial charge in [0.1, 0.15) is 11.3 Å². The molecule has 1 amide bonds. The Bertz CT molecular complexity index is 488. The Balaban J connectivity index is 2.82. The van der Waals surface area contributed by atoms with Crippen LogP contribution in [0.5, 0.6) is 5.75 Å². The van der Waals surface area contributed by atoms with Crippen LogP contribution in [0.15, 0.2) is 18.2 Å². The van der Waals surface area contributed by atoms with Crippen molar-refractivity contribution in [3.63, 3.8) is 0 Å². The number of hydrogen-bond acceptors (Lipinski definition) is 3. The Kier molecular flexibility index (Phi) is 5.18. The lowest BCUT2D eigenvalue weighted by atomic mass is 10.2. The lowest BCUT2D eigenvalue weighted by molar-refractivity contribution is -0.133. The van der Waals surface area contributed by atoms with Gasteiger partial charge in [0.05, 0.1) is 5.02 Å². The van der Waals surface area contributed by atoms with Gasteiger partial charge in [0.15, 0.2) is 6.61 Å². The normalized spacial score (nSPS) is 10.4. The number of halogens is 1. The number of ether oxygens (including phenoxy) is 1. The number of aromatic carboxylic acids is 1. The van der Waals surface area contributed by atoms with Crippen molar-refractivity contribution in [2.24, 2.45) is 0 Å². The first-order valence-electron chi connectivity index (χ1n) is 5.74. The minimum absolute atomic E-state index is 0.0504. The highest BCUT2D eigenvalue weighted by Crippen LogP contribution is 2.26. The minimum atomic E-state index is -1.19. The van der Waals surface area contributed by atoms with E-state index in [1.54, 1.807) is 13.1 Å². The van der Waals surface area contributed by atoms with E-state index in [0.29, 0.717) is 0 Å². The van der Waals surface area contributed by atoms with E-state index in [2.05, 4.69) is 0 Å². The van der Waals surface area contributed by atoms with E-state index in [4.69, 9.17) is 21.4 Å². The Morgan fingerprint density at radius 2 is 2.05 bits per heavy atom. The molecule has 0 aliphatic rings. The van der Waals surface area contributed by atoms with Crippen molar-refractivity contribution in [3.05, 3.63) is 28.8 Å². The van der Waals surface area contributed by atoms with Gasteiger partial charge in [-0.25, -0.2) is 4.79 Å². The Morgan fingerprint density at radius 3 is 2.58 bits per heavy atom. The quantitative estimate of drug-likeness (QED) is 0.901. The van der Waals surface area contributed by atoms with Crippen LogP contribution in [0.25, 0.3) is 0 Å². The zero-order chi connectivity index (χ0) is 14.6. The zero-order valence-electron chi connectivity index (χ0n) is 11.0. The number of carbonyl (C=O) groups excluding carboxylic acids is 1. The molecule has 0 atom stereocenters. The second kappa shape index (κ2) is 6.43. The summed E-state index contributed by atoms with van der Waals surface area (Å²) in [5, 5.41) is 9.13. The molecule has 1 N–H and O–H groups in total. The van der Waals surface area contributed by atoms with E-state index in [9.17, 15) is 9.59 Å². The summed E-state index contributed by atoms with van der Waals surface area (Å²) in [6.07, 6.45) is 0. The predicted octanol–water partition coefficient (Wildman–Crippen LogP) is 2.28. The number of benzene rings is 1. The molecule has 0 unspecified atom stereocenters. The molecule has 0 heterocycles. The predicted molar refractivity (Wildman–Crippen MR) is 71.8 cm³/mol. The van der Waals surface area contributed by atoms with Gasteiger partial charge in [-0.2, -0.15) is 0 Å². The standard InChI is InChI=1S/C13H16ClNO4/c1-8(2)15(3)11(16)7-19-10-6-4-5-9(14)12(10)13(17)18/h4-6,8H,7H2,1-3H3,(H,17,18). The number of likely N-dealkylation sites (N-methyl/N-ethyl adjacent to an activating group) is 1. The molecule has 0 aromatic heterocycles. The van der Waals surface area contributed by atoms with Gasteiger partial charge >= 0.3 is 5.97 Å². The lowest BCUT2D eigenvalue weighted by Gasteiger charge is -2.21. The van der Waals surface area contributed by atoms with Crippen molar-refractivity contribution in [2.75, 3.05) is 13.7 Å². The maximum absolute atomic E-state index is 11.7. The van der Waals surface area contributed by atoms with Gasteiger partial charge in [-0.15, -0.1) is 0 Å². The van der Waals surface area contributed by atoms with E-state index < -0.39 is 5.97 Å². The van der Waals surface area contributed by atoms with Gasteiger partial charge in [0, 0.05) is 13.1 Å². The van der Waals surface area contributed by atoms with Crippen LogP contribution in [0.4, 0.5) is 0 Å². The van der Waals surface area contributed by atoms with Gasteiger partial charge in [0.2, 0.25) is 0 Å². The summed E-state index contributed by atoms with van der Waals surface area (Å²) in [6, 6.07) is 4.55. The van der Waals surface area contributed by atoms with Crippen LogP contribution in [-0.2, 0) is 4.79 Å². The second-order valence-corrected chi connectivity index (χ2v) is 4.71. The van der Waals surface area contributed by atoms with Gasteiger partial charge in [-0.1, -0.05) is 17.7 Å². The first-order valence-corrected chi connectivity index (χ1v) is 6.12. The molecule has 5 nitrogen and oxygen atoms in total. The fourth-order valence-electron chi connectivity index (χ4n) is 1.36. The molecule has 0 fully saturated rings. The van der Waals surface area contributed by atoms with Crippen molar-refractivity contribution in [2.45, 2.75) is 19.9 Å². The smallest absolute Gasteiger partial charge is 0.341 e. The molecule has 1 aromatic carbocycles. The van der Waals surface area contributed by atoms with Crippen LogP contribution in [0.1, 0.15) is 24.2 Å². The topological polar surface area (TPSA) is 66.8 Å². The Morgan fingerprint density at radius 1 is 1.42 bits per heavy atom. The van der Waals surface area contributed by atoms with Gasteiger partial charge < -0.3 is 14.7 Å². The molecule has 0 aliphatic heterocycles. The van der Waals surface area contributed by atoms with Crippen LogP contribution >= 0.6 is 11.6 Å². The number of hydrogen-bond donors (Lipinski definition) is 1. The van der Waals surface area contributed by atoms with Crippen molar-refractivity contribution in [1.82, 2.24) is 4.90 Å². The number of rotatable bonds is 5. The van der Waals surface area contributed by atoms with E-state index in [0.717, 1.165) is 0 Å². The number of carbonyl (C=O) groups is 2. The van der Waals surface area contributed by atoms with E-state index in [-0.39, 0.29) is 34.9 Å². The summed E-state index contributed by atoms with van der Waals surface area (Å²) < 4.78 is 5.26. The highest BCUT2D eigenvalue weighted by Gasteiger charge is 2.18. The van der Waals surface area contributed by atoms with Crippen LogP contribution in [-0.4, -0.2) is 41.6 Å². The summed E-state index contributed by atoms with van der Waals surface area (Å²) in [5.74, 6) is -1.33. The Hall–Kier alpha value is -1.75. The number of carboxylic acid groups (broad SMARTS) is 1. The van der Waals surface area contributed by atoms with Crippen LogP contribution < -0.4 is 4.74 Å². The molecular weight excluding hydrogens is 270 g/mol. The molecule has 0 saturated carbocycles. The average molecular weight is 286 g/mol. The molecular formula is C13H16ClNO4. The monoisotopic (exact) mass is 285 g/mol. The van der Waals surface area contributed by atoms with Crippen molar-refractivity contribution in [1.29, 1.82) is 0 Å². The molecule has 0 aliphatic carbocycles. The molecule has 0 radical (unpaired) electrons. The first kappa shape index (κ1) is 15.3. The van der Waals surface area contributed by atoms with Gasteiger partial charge in [-0.3, -0.25) is 4.79 Å². The second-order valence-electron chi connectivity index (χ2n) is 4.31. The largest absolute Gasteiger partial charge is 0.483 e. The molecule has 1 aromatic rings. The summed E-state index contributed by atoms with van der Waals surface area (Å²) >= 11 is 5.80. The maximum Gasteiger partial charge on any atom is 0.341 e. The molecule has 1 rings (SSSR count). The lowest BCUT2D eigenvalue weighted by Crippen LogP contribution is -2.36. The first-order chi connectivity index (χ1) is 8.84. The van der Waals surface area contributed by atoms with Crippen LogP contribution in [0.2, 0.25) is 5.02 Å². The fraction of sp³-hybridized carbons (Fsp3) is 0.385. The Labute approximate surface area is 116 Å².